The average molecular weight is 363 g/mol. The molecule has 0 spiro atoms. The maximum Gasteiger partial charge on any atom is 0.253 e. The Hall–Kier alpha value is -2.49. The molecule has 0 atom stereocenters. The Kier molecular flexibility index (Phi) is 4.07. The molecule has 0 bridgehead atoms. The first-order chi connectivity index (χ1) is 13.2. The molecule has 0 aliphatic carbocycles. The highest BCUT2D eigenvalue weighted by molar-refractivity contribution is 5.94. The first-order valence-electron chi connectivity index (χ1n) is 10.0. The second-order valence-electron chi connectivity index (χ2n) is 7.88. The third-order valence-corrected chi connectivity index (χ3v) is 6.18. The van der Waals surface area contributed by atoms with E-state index in [1.54, 1.807) is 0 Å². The predicted octanol–water partition coefficient (Wildman–Crippen LogP) is 3.88. The number of rotatable bonds is 2. The summed E-state index contributed by atoms with van der Waals surface area (Å²) < 4.78 is 11.9. The molecule has 1 saturated heterocycles. The number of aryl methyl sites for hydroxylation is 1. The minimum atomic E-state index is 0.150. The molecule has 3 heterocycles. The van der Waals surface area contributed by atoms with Crippen molar-refractivity contribution >= 4 is 5.91 Å². The molecule has 0 radical (unpaired) electrons. The van der Waals surface area contributed by atoms with Gasteiger partial charge in [0.15, 0.2) is 0 Å². The van der Waals surface area contributed by atoms with Crippen LogP contribution in [0.3, 0.4) is 0 Å². The minimum absolute atomic E-state index is 0.150. The summed E-state index contributed by atoms with van der Waals surface area (Å²) in [6.07, 6.45) is 3.93. The second-order valence-corrected chi connectivity index (χ2v) is 7.88. The zero-order valence-electron chi connectivity index (χ0n) is 15.8. The van der Waals surface area contributed by atoms with Crippen LogP contribution < -0.4 is 9.47 Å². The molecular formula is C23H25NO3. The van der Waals surface area contributed by atoms with Crippen molar-refractivity contribution in [1.29, 1.82) is 0 Å². The van der Waals surface area contributed by atoms with E-state index in [4.69, 9.17) is 9.47 Å². The third-order valence-electron chi connectivity index (χ3n) is 6.18. The highest BCUT2D eigenvalue weighted by atomic mass is 16.5. The van der Waals surface area contributed by atoms with Crippen molar-refractivity contribution in [3.8, 4) is 11.5 Å². The summed E-state index contributed by atoms with van der Waals surface area (Å²) in [5.41, 5.74) is 5.99. The Balaban J connectivity index is 1.36. The van der Waals surface area contributed by atoms with Crippen LogP contribution >= 0.6 is 0 Å². The van der Waals surface area contributed by atoms with Gasteiger partial charge in [0.1, 0.15) is 11.5 Å². The SMILES string of the molecule is Cc1ccc(C(=O)N2CCC(c3c4c(cc5c3OCC5)OCC4)CC2)cc1. The van der Waals surface area contributed by atoms with E-state index in [-0.39, 0.29) is 5.91 Å². The Morgan fingerprint density at radius 3 is 2.56 bits per heavy atom. The first kappa shape index (κ1) is 16.7. The summed E-state index contributed by atoms with van der Waals surface area (Å²) in [6, 6.07) is 10.1. The van der Waals surface area contributed by atoms with Crippen LogP contribution in [0.25, 0.3) is 0 Å². The lowest BCUT2D eigenvalue weighted by molar-refractivity contribution is 0.0712. The summed E-state index contributed by atoms with van der Waals surface area (Å²) in [7, 11) is 0. The van der Waals surface area contributed by atoms with Gasteiger partial charge in [-0.1, -0.05) is 17.7 Å². The zero-order chi connectivity index (χ0) is 18.4. The topological polar surface area (TPSA) is 38.8 Å². The standard InChI is InChI=1S/C23H25NO3/c1-15-2-4-17(5-3-15)23(25)24-10-6-16(7-11-24)21-19-9-13-26-20(19)14-18-8-12-27-22(18)21/h2-5,14,16H,6-13H2,1H3. The number of carbonyl (C=O) groups is 1. The summed E-state index contributed by atoms with van der Waals surface area (Å²) in [5, 5.41) is 0. The van der Waals surface area contributed by atoms with Crippen molar-refractivity contribution in [2.75, 3.05) is 26.3 Å². The third kappa shape index (κ3) is 2.88. The van der Waals surface area contributed by atoms with Gasteiger partial charge in [0.05, 0.1) is 13.2 Å². The van der Waals surface area contributed by atoms with E-state index in [1.165, 1.54) is 22.3 Å². The van der Waals surface area contributed by atoms with E-state index in [2.05, 4.69) is 6.07 Å². The highest BCUT2D eigenvalue weighted by Gasteiger charge is 2.33. The molecule has 0 N–H and O–H groups in total. The van der Waals surface area contributed by atoms with Gasteiger partial charge in [-0.2, -0.15) is 0 Å². The zero-order valence-corrected chi connectivity index (χ0v) is 15.8. The molecule has 2 aromatic carbocycles. The van der Waals surface area contributed by atoms with Crippen LogP contribution in [-0.2, 0) is 12.8 Å². The summed E-state index contributed by atoms with van der Waals surface area (Å²) >= 11 is 0. The summed E-state index contributed by atoms with van der Waals surface area (Å²) in [6.45, 7) is 5.20. The minimum Gasteiger partial charge on any atom is -0.493 e. The normalized spacial score (nSPS) is 18.6. The monoisotopic (exact) mass is 363 g/mol. The van der Waals surface area contributed by atoms with E-state index < -0.39 is 0 Å². The molecule has 27 heavy (non-hydrogen) atoms. The van der Waals surface area contributed by atoms with Crippen LogP contribution in [0.4, 0.5) is 0 Å². The second kappa shape index (κ2) is 6.59. The summed E-state index contributed by atoms with van der Waals surface area (Å²) in [4.78, 5) is 14.8. The van der Waals surface area contributed by atoms with Gasteiger partial charge in [-0.25, -0.2) is 0 Å². The van der Waals surface area contributed by atoms with E-state index in [9.17, 15) is 4.79 Å². The number of nitrogens with zero attached hydrogens (tertiary/aromatic N) is 1. The van der Waals surface area contributed by atoms with Crippen LogP contribution in [0.15, 0.2) is 30.3 Å². The van der Waals surface area contributed by atoms with Gasteiger partial charge in [0.2, 0.25) is 0 Å². The number of hydrogen-bond acceptors (Lipinski definition) is 3. The van der Waals surface area contributed by atoms with Gasteiger partial charge in [0, 0.05) is 48.2 Å². The molecule has 4 nitrogen and oxygen atoms in total. The average Bonchev–Trinajstić information content (AvgIpc) is 3.35. The molecule has 0 aromatic heterocycles. The number of hydrogen-bond donors (Lipinski definition) is 0. The Labute approximate surface area is 160 Å². The number of fused-ring (bicyclic) bond motifs is 2. The molecule has 1 fully saturated rings. The van der Waals surface area contributed by atoms with Crippen molar-refractivity contribution in [2.45, 2.75) is 38.5 Å². The molecule has 0 unspecified atom stereocenters. The number of piperidine rings is 1. The Morgan fingerprint density at radius 2 is 1.78 bits per heavy atom. The van der Waals surface area contributed by atoms with E-state index in [1.807, 2.05) is 36.1 Å². The number of benzene rings is 2. The molecule has 3 aliphatic heterocycles. The molecule has 3 aliphatic rings. The molecule has 1 amide bonds. The lowest BCUT2D eigenvalue weighted by atomic mass is 9.83. The highest BCUT2D eigenvalue weighted by Crippen LogP contribution is 2.46. The van der Waals surface area contributed by atoms with Gasteiger partial charge in [0.25, 0.3) is 5.91 Å². The van der Waals surface area contributed by atoms with Gasteiger partial charge in [-0.15, -0.1) is 0 Å². The molecule has 5 rings (SSSR count). The van der Waals surface area contributed by atoms with Crippen LogP contribution in [0, 0.1) is 6.92 Å². The quantitative estimate of drug-likeness (QED) is 0.813. The smallest absolute Gasteiger partial charge is 0.253 e. The fraction of sp³-hybridized carbons (Fsp3) is 0.435. The first-order valence-corrected chi connectivity index (χ1v) is 10.0. The van der Waals surface area contributed by atoms with Crippen LogP contribution in [0.1, 0.15) is 51.4 Å². The Bertz CT molecular complexity index is 847. The molecule has 0 saturated carbocycles. The fourth-order valence-electron chi connectivity index (χ4n) is 4.70. The lowest BCUT2D eigenvalue weighted by Crippen LogP contribution is -2.38. The number of likely N-dealkylation sites (tertiary alicyclic amines) is 1. The van der Waals surface area contributed by atoms with Crippen LogP contribution in [0.2, 0.25) is 0 Å². The van der Waals surface area contributed by atoms with Gasteiger partial charge < -0.3 is 14.4 Å². The van der Waals surface area contributed by atoms with E-state index >= 15 is 0 Å². The van der Waals surface area contributed by atoms with E-state index in [0.717, 1.165) is 69.0 Å². The molecule has 4 heteroatoms. The van der Waals surface area contributed by atoms with Gasteiger partial charge in [-0.05, 0) is 43.9 Å². The number of ether oxygens (including phenoxy) is 2. The van der Waals surface area contributed by atoms with Crippen molar-refractivity contribution in [1.82, 2.24) is 4.90 Å². The molecule has 2 aromatic rings. The largest absolute Gasteiger partial charge is 0.493 e. The maximum atomic E-state index is 12.8. The Morgan fingerprint density at radius 1 is 1.04 bits per heavy atom. The van der Waals surface area contributed by atoms with Crippen LogP contribution in [-0.4, -0.2) is 37.1 Å². The van der Waals surface area contributed by atoms with Crippen molar-refractivity contribution < 1.29 is 14.3 Å². The van der Waals surface area contributed by atoms with Gasteiger partial charge >= 0.3 is 0 Å². The van der Waals surface area contributed by atoms with Crippen LogP contribution in [0.5, 0.6) is 11.5 Å². The fourth-order valence-corrected chi connectivity index (χ4v) is 4.70. The number of amides is 1. The summed E-state index contributed by atoms with van der Waals surface area (Å²) in [5.74, 6) is 2.78. The van der Waals surface area contributed by atoms with Crippen molar-refractivity contribution in [3.63, 3.8) is 0 Å². The number of carbonyl (C=O) groups excluding carboxylic acids is 1. The lowest BCUT2D eigenvalue weighted by Gasteiger charge is -2.33. The van der Waals surface area contributed by atoms with Crippen molar-refractivity contribution in [2.24, 2.45) is 0 Å². The van der Waals surface area contributed by atoms with E-state index in [0.29, 0.717) is 5.92 Å². The molecular weight excluding hydrogens is 338 g/mol. The van der Waals surface area contributed by atoms with Gasteiger partial charge in [-0.3, -0.25) is 4.79 Å². The molecule has 140 valence electrons. The maximum absolute atomic E-state index is 12.8. The van der Waals surface area contributed by atoms with Crippen molar-refractivity contribution in [3.05, 3.63) is 58.1 Å². The predicted molar refractivity (Wildman–Crippen MR) is 104 cm³/mol.